The van der Waals surface area contributed by atoms with Crippen LogP contribution in [0.5, 0.6) is 5.75 Å². The van der Waals surface area contributed by atoms with Gasteiger partial charge in [0.1, 0.15) is 18.2 Å². The van der Waals surface area contributed by atoms with E-state index >= 15 is 0 Å². The highest BCUT2D eigenvalue weighted by atomic mass is 19.1. The quantitative estimate of drug-likeness (QED) is 0.701. The van der Waals surface area contributed by atoms with Gasteiger partial charge in [0.05, 0.1) is 0 Å². The lowest BCUT2D eigenvalue weighted by Crippen LogP contribution is -1.91. The summed E-state index contributed by atoms with van der Waals surface area (Å²) in [6.07, 6.45) is -0.951. The van der Waals surface area contributed by atoms with Crippen LogP contribution in [0.1, 0.15) is 18.2 Å². The Morgan fingerprint density at radius 3 is 2.92 bits per heavy atom. The Balaban J connectivity index is 2.80. The van der Waals surface area contributed by atoms with Crippen molar-refractivity contribution in [3.8, 4) is 5.75 Å². The Morgan fingerprint density at radius 2 is 2.33 bits per heavy atom. The van der Waals surface area contributed by atoms with Crippen molar-refractivity contribution < 1.29 is 14.3 Å². The van der Waals surface area contributed by atoms with E-state index in [1.54, 1.807) is 6.07 Å². The number of carbonyl (C=O) groups is 1. The summed E-state index contributed by atoms with van der Waals surface area (Å²) >= 11 is 0. The Labute approximate surface area is 69.6 Å². The zero-order valence-electron chi connectivity index (χ0n) is 6.40. The number of hydrogen-bond acceptors (Lipinski definition) is 2. The van der Waals surface area contributed by atoms with Crippen LogP contribution in [-0.4, -0.2) is 11.4 Å². The third-order valence-corrected chi connectivity index (χ3v) is 1.54. The summed E-state index contributed by atoms with van der Waals surface area (Å²) in [7, 11) is 0. The fourth-order valence-corrected chi connectivity index (χ4v) is 0.940. The minimum Gasteiger partial charge on any atom is -0.508 e. The molecule has 2 nitrogen and oxygen atoms in total. The first-order valence-corrected chi connectivity index (χ1v) is 3.60. The molecule has 1 unspecified atom stereocenters. The maximum absolute atomic E-state index is 13.0. The van der Waals surface area contributed by atoms with E-state index in [2.05, 4.69) is 0 Å². The standard InChI is InChI=1S/C9H9FO2/c10-9(4-5-11)7-2-1-3-8(12)6-7/h1-3,5-6,9,12H,4H2. The molecule has 0 heterocycles. The van der Waals surface area contributed by atoms with Crippen LogP contribution in [0.3, 0.4) is 0 Å². The molecular weight excluding hydrogens is 159 g/mol. The van der Waals surface area contributed by atoms with Gasteiger partial charge in [-0.1, -0.05) is 12.1 Å². The zero-order chi connectivity index (χ0) is 8.97. The van der Waals surface area contributed by atoms with Gasteiger partial charge in [0, 0.05) is 6.42 Å². The first kappa shape index (κ1) is 8.71. The van der Waals surface area contributed by atoms with Gasteiger partial charge < -0.3 is 9.90 Å². The van der Waals surface area contributed by atoms with E-state index in [0.717, 1.165) is 0 Å². The molecule has 0 bridgehead atoms. The molecule has 0 radical (unpaired) electrons. The molecule has 0 aliphatic rings. The van der Waals surface area contributed by atoms with Gasteiger partial charge in [-0.2, -0.15) is 0 Å². The minimum absolute atomic E-state index is 0.0149. The van der Waals surface area contributed by atoms with Crippen LogP contribution in [-0.2, 0) is 4.79 Å². The molecular formula is C9H9FO2. The third-order valence-electron chi connectivity index (χ3n) is 1.54. The van der Waals surface area contributed by atoms with E-state index in [0.29, 0.717) is 11.8 Å². The number of hydrogen-bond donors (Lipinski definition) is 1. The second kappa shape index (κ2) is 3.85. The van der Waals surface area contributed by atoms with Crippen LogP contribution in [0.15, 0.2) is 24.3 Å². The normalized spacial score (nSPS) is 12.4. The van der Waals surface area contributed by atoms with Gasteiger partial charge in [-0.05, 0) is 17.7 Å². The molecule has 12 heavy (non-hydrogen) atoms. The molecule has 0 spiro atoms. The molecule has 0 saturated carbocycles. The minimum atomic E-state index is -1.31. The van der Waals surface area contributed by atoms with Crippen molar-refractivity contribution in [3.05, 3.63) is 29.8 Å². The zero-order valence-corrected chi connectivity index (χ0v) is 6.40. The van der Waals surface area contributed by atoms with Crippen LogP contribution >= 0.6 is 0 Å². The summed E-state index contributed by atoms with van der Waals surface area (Å²) < 4.78 is 13.0. The monoisotopic (exact) mass is 168 g/mol. The summed E-state index contributed by atoms with van der Waals surface area (Å²) in [5.41, 5.74) is 0.335. The molecule has 1 rings (SSSR count). The molecule has 0 aromatic heterocycles. The Morgan fingerprint density at radius 1 is 1.58 bits per heavy atom. The van der Waals surface area contributed by atoms with E-state index in [4.69, 9.17) is 5.11 Å². The van der Waals surface area contributed by atoms with Crippen molar-refractivity contribution in [1.82, 2.24) is 0 Å². The van der Waals surface area contributed by atoms with E-state index in [1.165, 1.54) is 18.2 Å². The molecule has 1 atom stereocenters. The molecule has 0 aliphatic heterocycles. The van der Waals surface area contributed by atoms with Gasteiger partial charge in [0.2, 0.25) is 0 Å². The fourth-order valence-electron chi connectivity index (χ4n) is 0.940. The van der Waals surface area contributed by atoms with Crippen molar-refractivity contribution in [3.63, 3.8) is 0 Å². The van der Waals surface area contributed by atoms with Crippen LogP contribution in [0.2, 0.25) is 0 Å². The summed E-state index contributed by atoms with van der Waals surface area (Å²) in [4.78, 5) is 9.97. The largest absolute Gasteiger partial charge is 0.508 e. The number of halogens is 1. The van der Waals surface area contributed by atoms with Crippen molar-refractivity contribution in [2.24, 2.45) is 0 Å². The lowest BCUT2D eigenvalue weighted by Gasteiger charge is -2.03. The summed E-state index contributed by atoms with van der Waals surface area (Å²) in [5, 5.41) is 8.98. The highest BCUT2D eigenvalue weighted by Crippen LogP contribution is 2.22. The molecule has 0 amide bonds. The Kier molecular flexibility index (Phi) is 2.80. The third kappa shape index (κ3) is 2.05. The highest BCUT2D eigenvalue weighted by molar-refractivity contribution is 5.51. The number of benzene rings is 1. The van der Waals surface area contributed by atoms with Crippen molar-refractivity contribution in [1.29, 1.82) is 0 Å². The van der Waals surface area contributed by atoms with Crippen molar-refractivity contribution in [2.75, 3.05) is 0 Å². The number of carbonyl (C=O) groups excluding carboxylic acids is 1. The SMILES string of the molecule is O=CCC(F)c1cccc(O)c1. The van der Waals surface area contributed by atoms with Gasteiger partial charge >= 0.3 is 0 Å². The molecule has 1 aromatic carbocycles. The average Bonchev–Trinajstić information content (AvgIpc) is 2.05. The first-order valence-electron chi connectivity index (χ1n) is 3.60. The average molecular weight is 168 g/mol. The van der Waals surface area contributed by atoms with Crippen LogP contribution in [0.4, 0.5) is 4.39 Å². The molecule has 3 heteroatoms. The summed E-state index contributed by atoms with van der Waals surface area (Å²) in [5.74, 6) is 0.0149. The maximum Gasteiger partial charge on any atom is 0.132 e. The number of aromatic hydroxyl groups is 1. The second-order valence-electron chi connectivity index (χ2n) is 2.46. The molecule has 1 N–H and O–H groups in total. The summed E-state index contributed by atoms with van der Waals surface area (Å²) in [6, 6.07) is 5.85. The fraction of sp³-hybridized carbons (Fsp3) is 0.222. The molecule has 1 aromatic rings. The van der Waals surface area contributed by atoms with Gasteiger partial charge in [0.25, 0.3) is 0 Å². The predicted molar refractivity (Wildman–Crippen MR) is 42.6 cm³/mol. The van der Waals surface area contributed by atoms with E-state index < -0.39 is 6.17 Å². The predicted octanol–water partition coefficient (Wildman–Crippen LogP) is 1.99. The van der Waals surface area contributed by atoms with Gasteiger partial charge in [-0.15, -0.1) is 0 Å². The van der Waals surface area contributed by atoms with E-state index in [9.17, 15) is 9.18 Å². The molecule has 0 fully saturated rings. The van der Waals surface area contributed by atoms with Crippen molar-refractivity contribution in [2.45, 2.75) is 12.6 Å². The van der Waals surface area contributed by atoms with Gasteiger partial charge in [-0.3, -0.25) is 0 Å². The number of alkyl halides is 1. The molecule has 0 aliphatic carbocycles. The molecule has 64 valence electrons. The highest BCUT2D eigenvalue weighted by Gasteiger charge is 2.08. The van der Waals surface area contributed by atoms with Crippen LogP contribution in [0.25, 0.3) is 0 Å². The van der Waals surface area contributed by atoms with Crippen LogP contribution < -0.4 is 0 Å². The number of phenolic OH excluding ortho intramolecular Hbond substituents is 1. The topological polar surface area (TPSA) is 37.3 Å². The van der Waals surface area contributed by atoms with Gasteiger partial charge in [-0.25, -0.2) is 4.39 Å². The van der Waals surface area contributed by atoms with E-state index in [-0.39, 0.29) is 12.2 Å². The smallest absolute Gasteiger partial charge is 0.132 e. The second-order valence-corrected chi connectivity index (χ2v) is 2.46. The lowest BCUT2D eigenvalue weighted by atomic mass is 10.1. The van der Waals surface area contributed by atoms with Gasteiger partial charge in [0.15, 0.2) is 0 Å². The number of rotatable bonds is 3. The number of phenols is 1. The lowest BCUT2D eigenvalue weighted by molar-refractivity contribution is -0.108. The number of aldehydes is 1. The Bertz CT molecular complexity index is 273. The summed E-state index contributed by atoms with van der Waals surface area (Å²) in [6.45, 7) is 0. The van der Waals surface area contributed by atoms with Crippen LogP contribution in [0, 0.1) is 0 Å². The Hall–Kier alpha value is -1.38. The maximum atomic E-state index is 13.0. The van der Waals surface area contributed by atoms with Crippen molar-refractivity contribution >= 4 is 6.29 Å². The first-order chi connectivity index (χ1) is 5.74. The molecule has 0 saturated heterocycles. The van der Waals surface area contributed by atoms with E-state index in [1.807, 2.05) is 0 Å².